The number of hydrogen-bond donors (Lipinski definition) is 3. The van der Waals surface area contributed by atoms with Crippen LogP contribution in [0.1, 0.15) is 25.1 Å². The molecule has 0 aliphatic carbocycles. The first kappa shape index (κ1) is 17.0. The minimum Gasteiger partial charge on any atom is -0.384 e. The van der Waals surface area contributed by atoms with Crippen LogP contribution in [0, 0.1) is 0 Å². The molecule has 0 unspecified atom stereocenters. The Morgan fingerprint density at radius 3 is 2.56 bits per heavy atom. The molecule has 0 fully saturated rings. The van der Waals surface area contributed by atoms with Gasteiger partial charge in [0.05, 0.1) is 5.52 Å². The van der Waals surface area contributed by atoms with E-state index in [4.69, 9.17) is 11.5 Å². The van der Waals surface area contributed by atoms with E-state index in [1.165, 1.54) is 0 Å². The molecule has 7 heteroatoms. The first-order valence-corrected chi connectivity index (χ1v) is 5.61. The molecule has 0 amide bonds. The molecule has 5 nitrogen and oxygen atoms in total. The number of nitrogens with one attached hydrogen (secondary N) is 1. The fourth-order valence-electron chi connectivity index (χ4n) is 1.69. The first-order valence-electron chi connectivity index (χ1n) is 5.61. The Morgan fingerprint density at radius 2 is 1.83 bits per heavy atom. The van der Waals surface area contributed by atoms with Crippen LogP contribution in [0.4, 0.5) is 5.82 Å². The molecule has 0 atom stereocenters. The second-order valence-corrected chi connectivity index (χ2v) is 3.89. The number of H-pyrrole nitrogens is 1. The smallest absolute Gasteiger partial charge is 0.179 e. The first-order chi connectivity index (χ1) is 7.79. The highest BCUT2D eigenvalue weighted by atomic mass is 35.5. The number of aryl methyl sites for hydroxylation is 1. The van der Waals surface area contributed by atoms with Crippen LogP contribution in [0.25, 0.3) is 11.2 Å². The average molecular weight is 292 g/mol. The molecule has 18 heavy (non-hydrogen) atoms. The minimum absolute atomic E-state index is 0. The normalized spacial score (nSPS) is 9.83. The van der Waals surface area contributed by atoms with E-state index in [1.54, 1.807) is 6.07 Å². The van der Waals surface area contributed by atoms with Gasteiger partial charge in [0.2, 0.25) is 0 Å². The summed E-state index contributed by atoms with van der Waals surface area (Å²) in [5.41, 5.74) is 12.7. The molecule has 0 bridgehead atoms. The Hall–Kier alpha value is -1.04. The lowest BCUT2D eigenvalue weighted by Crippen LogP contribution is -1.98. The van der Waals surface area contributed by atoms with Crippen molar-refractivity contribution < 1.29 is 0 Å². The molecule has 0 aromatic carbocycles. The van der Waals surface area contributed by atoms with E-state index in [0.717, 1.165) is 43.6 Å². The molecule has 0 spiro atoms. The average Bonchev–Trinajstić information content (AvgIpc) is 2.66. The number of nitrogens with zero attached hydrogens (tertiary/aromatic N) is 2. The van der Waals surface area contributed by atoms with Crippen LogP contribution in [-0.2, 0) is 6.42 Å². The summed E-state index contributed by atoms with van der Waals surface area (Å²) in [6, 6.07) is 3.69. The van der Waals surface area contributed by atoms with Gasteiger partial charge in [0, 0.05) is 6.42 Å². The second kappa shape index (κ2) is 8.13. The van der Waals surface area contributed by atoms with Crippen LogP contribution < -0.4 is 11.5 Å². The van der Waals surface area contributed by atoms with Crippen molar-refractivity contribution in [3.63, 3.8) is 0 Å². The number of aromatic nitrogens is 3. The standard InChI is InChI=1S/C11H17N5.2ClH/c12-7-3-1-2-4-10-14-8-5-6-9(13)15-11(8)16-10;;/h5-6H,1-4,7,12H2,(H3,13,14,15,16);2*1H. The summed E-state index contributed by atoms with van der Waals surface area (Å²) in [5.74, 6) is 1.49. The van der Waals surface area contributed by atoms with Crippen molar-refractivity contribution >= 4 is 41.8 Å². The molecule has 0 saturated carbocycles. The number of nitrogen functional groups attached to an aromatic ring is 1. The SMILES string of the molecule is Cl.Cl.NCCCCCc1nc2nc(N)ccc2[nH]1. The van der Waals surface area contributed by atoms with Crippen LogP contribution in [0.2, 0.25) is 0 Å². The van der Waals surface area contributed by atoms with Gasteiger partial charge in [-0.05, 0) is 31.5 Å². The van der Waals surface area contributed by atoms with Gasteiger partial charge in [-0.3, -0.25) is 0 Å². The van der Waals surface area contributed by atoms with Gasteiger partial charge in [-0.1, -0.05) is 6.42 Å². The van der Waals surface area contributed by atoms with Gasteiger partial charge in [0.25, 0.3) is 0 Å². The maximum Gasteiger partial charge on any atom is 0.179 e. The Kier molecular flexibility index (Phi) is 7.66. The summed E-state index contributed by atoms with van der Waals surface area (Å²) in [6.45, 7) is 0.762. The lowest BCUT2D eigenvalue weighted by Gasteiger charge is -1.95. The summed E-state index contributed by atoms with van der Waals surface area (Å²) in [7, 11) is 0. The zero-order valence-electron chi connectivity index (χ0n) is 10.1. The molecule has 102 valence electrons. The van der Waals surface area contributed by atoms with Gasteiger partial charge >= 0.3 is 0 Å². The molecule has 0 aliphatic rings. The zero-order valence-corrected chi connectivity index (χ0v) is 11.7. The number of rotatable bonds is 5. The number of anilines is 1. The van der Waals surface area contributed by atoms with E-state index in [2.05, 4.69) is 15.0 Å². The number of imidazole rings is 1. The van der Waals surface area contributed by atoms with Gasteiger partial charge in [-0.15, -0.1) is 24.8 Å². The lowest BCUT2D eigenvalue weighted by atomic mass is 10.2. The fraction of sp³-hybridized carbons (Fsp3) is 0.455. The molecular formula is C11H19Cl2N5. The molecule has 2 rings (SSSR count). The number of aromatic amines is 1. The zero-order chi connectivity index (χ0) is 11.4. The quantitative estimate of drug-likeness (QED) is 0.735. The predicted octanol–water partition coefficient (Wildman–Crippen LogP) is 2.06. The topological polar surface area (TPSA) is 93.6 Å². The van der Waals surface area contributed by atoms with Crippen LogP contribution in [0.15, 0.2) is 12.1 Å². The number of pyridine rings is 1. The maximum atomic E-state index is 5.59. The minimum atomic E-state index is 0. The third-order valence-electron chi connectivity index (χ3n) is 2.53. The third-order valence-corrected chi connectivity index (χ3v) is 2.53. The summed E-state index contributed by atoms with van der Waals surface area (Å²) in [4.78, 5) is 11.8. The van der Waals surface area contributed by atoms with Crippen molar-refractivity contribution in [1.29, 1.82) is 0 Å². The van der Waals surface area contributed by atoms with Crippen LogP contribution in [0.5, 0.6) is 0 Å². The molecule has 2 aromatic heterocycles. The Bertz CT molecular complexity index is 471. The second-order valence-electron chi connectivity index (χ2n) is 3.89. The van der Waals surface area contributed by atoms with Crippen LogP contribution in [0.3, 0.4) is 0 Å². The predicted molar refractivity (Wildman–Crippen MR) is 79.4 cm³/mol. The summed E-state index contributed by atoms with van der Waals surface area (Å²) in [5, 5.41) is 0. The van der Waals surface area contributed by atoms with Gasteiger partial charge in [0.15, 0.2) is 5.65 Å². The number of fused-ring (bicyclic) bond motifs is 1. The number of unbranched alkanes of at least 4 members (excludes halogenated alkanes) is 2. The molecule has 0 saturated heterocycles. The van der Waals surface area contributed by atoms with Crippen molar-refractivity contribution in [2.45, 2.75) is 25.7 Å². The van der Waals surface area contributed by atoms with Crippen molar-refractivity contribution in [2.24, 2.45) is 5.73 Å². The maximum absolute atomic E-state index is 5.59. The summed E-state index contributed by atoms with van der Waals surface area (Å²) < 4.78 is 0. The highest BCUT2D eigenvalue weighted by molar-refractivity contribution is 5.85. The van der Waals surface area contributed by atoms with Crippen molar-refractivity contribution in [3.8, 4) is 0 Å². The van der Waals surface area contributed by atoms with E-state index in [0.29, 0.717) is 11.5 Å². The van der Waals surface area contributed by atoms with E-state index in [9.17, 15) is 0 Å². The van der Waals surface area contributed by atoms with E-state index >= 15 is 0 Å². The number of halogens is 2. The monoisotopic (exact) mass is 291 g/mol. The Morgan fingerprint density at radius 1 is 1.06 bits per heavy atom. The van der Waals surface area contributed by atoms with Gasteiger partial charge in [0.1, 0.15) is 11.6 Å². The van der Waals surface area contributed by atoms with Gasteiger partial charge < -0.3 is 16.5 Å². The third kappa shape index (κ3) is 4.33. The molecule has 0 radical (unpaired) electrons. The highest BCUT2D eigenvalue weighted by Crippen LogP contribution is 2.12. The largest absolute Gasteiger partial charge is 0.384 e. The van der Waals surface area contributed by atoms with Crippen LogP contribution >= 0.6 is 24.8 Å². The molecule has 2 heterocycles. The molecule has 2 aromatic rings. The molecule has 0 aliphatic heterocycles. The van der Waals surface area contributed by atoms with Gasteiger partial charge in [-0.2, -0.15) is 0 Å². The van der Waals surface area contributed by atoms with Gasteiger partial charge in [-0.25, -0.2) is 9.97 Å². The number of hydrogen-bond acceptors (Lipinski definition) is 4. The van der Waals surface area contributed by atoms with Crippen molar-refractivity contribution in [3.05, 3.63) is 18.0 Å². The van der Waals surface area contributed by atoms with E-state index in [-0.39, 0.29) is 24.8 Å². The van der Waals surface area contributed by atoms with E-state index < -0.39 is 0 Å². The molecular weight excluding hydrogens is 273 g/mol. The lowest BCUT2D eigenvalue weighted by molar-refractivity contribution is 0.673. The van der Waals surface area contributed by atoms with E-state index in [1.807, 2.05) is 6.07 Å². The summed E-state index contributed by atoms with van der Waals surface area (Å²) in [6.07, 6.45) is 4.26. The Labute approximate surface area is 119 Å². The number of nitrogens with two attached hydrogens (primary N) is 2. The molecule has 5 N–H and O–H groups in total. The summed E-state index contributed by atoms with van der Waals surface area (Å²) >= 11 is 0. The highest BCUT2D eigenvalue weighted by Gasteiger charge is 2.03. The van der Waals surface area contributed by atoms with Crippen molar-refractivity contribution in [2.75, 3.05) is 12.3 Å². The Balaban J connectivity index is 0.00000144. The van der Waals surface area contributed by atoms with Crippen LogP contribution in [-0.4, -0.2) is 21.5 Å². The van der Waals surface area contributed by atoms with Crippen molar-refractivity contribution in [1.82, 2.24) is 15.0 Å². The fourth-order valence-corrected chi connectivity index (χ4v) is 1.69.